The molecule has 0 aromatic heterocycles. The van der Waals surface area contributed by atoms with Gasteiger partial charge in [0.1, 0.15) is 5.75 Å². The average Bonchev–Trinajstić information content (AvgIpc) is 3.53. The number of carbonyl (C=O) groups excluding carboxylic acids is 1. The van der Waals surface area contributed by atoms with Gasteiger partial charge in [0.2, 0.25) is 5.91 Å². The molecule has 184 valence electrons. The molecular formula is C29H39ClN2O2. The van der Waals surface area contributed by atoms with Gasteiger partial charge in [0.25, 0.3) is 0 Å². The molecule has 4 aliphatic rings. The lowest BCUT2D eigenvalue weighted by molar-refractivity contribution is -0.122. The number of nitrogens with two attached hydrogens (primary N) is 1. The molecule has 2 N–H and O–H groups in total. The minimum Gasteiger partial charge on any atom is -0.493 e. The Balaban J connectivity index is 1.17. The molecule has 5 rings (SSSR count). The molecule has 2 saturated carbocycles. The van der Waals surface area contributed by atoms with Crippen LogP contribution in [0.25, 0.3) is 0 Å². The van der Waals surface area contributed by atoms with Gasteiger partial charge in [0, 0.05) is 35.1 Å². The van der Waals surface area contributed by atoms with E-state index in [1.807, 2.05) is 17.0 Å². The van der Waals surface area contributed by atoms with Gasteiger partial charge in [-0.15, -0.1) is 0 Å². The Hall–Kier alpha value is -1.78. The van der Waals surface area contributed by atoms with E-state index in [-0.39, 0.29) is 11.3 Å². The Kier molecular flexibility index (Phi) is 7.36. The molecule has 3 fully saturated rings. The zero-order valence-electron chi connectivity index (χ0n) is 20.3. The number of benzene rings is 1. The van der Waals surface area contributed by atoms with Gasteiger partial charge in [-0.05, 0) is 106 Å². The van der Waals surface area contributed by atoms with Crippen LogP contribution >= 0.6 is 11.6 Å². The maximum atomic E-state index is 13.4. The lowest BCUT2D eigenvalue weighted by atomic mass is 9.63. The summed E-state index contributed by atoms with van der Waals surface area (Å²) in [7, 11) is 0. The van der Waals surface area contributed by atoms with Gasteiger partial charge in [-0.2, -0.15) is 0 Å². The lowest BCUT2D eigenvalue weighted by Gasteiger charge is -2.42. The topological polar surface area (TPSA) is 55.6 Å². The van der Waals surface area contributed by atoms with Crippen molar-refractivity contribution in [3.8, 4) is 5.75 Å². The highest BCUT2D eigenvalue weighted by molar-refractivity contribution is 6.29. The van der Waals surface area contributed by atoms with E-state index < -0.39 is 0 Å². The maximum absolute atomic E-state index is 13.4. The molecule has 1 heterocycles. The fourth-order valence-electron chi connectivity index (χ4n) is 6.75. The Morgan fingerprint density at radius 1 is 1.06 bits per heavy atom. The summed E-state index contributed by atoms with van der Waals surface area (Å²) in [4.78, 5) is 15.4. The van der Waals surface area contributed by atoms with Crippen molar-refractivity contribution in [1.82, 2.24) is 0 Å². The van der Waals surface area contributed by atoms with Crippen molar-refractivity contribution in [1.29, 1.82) is 0 Å². The highest BCUT2D eigenvalue weighted by atomic mass is 35.5. The van der Waals surface area contributed by atoms with Crippen LogP contribution in [0.15, 0.2) is 47.0 Å². The molecule has 1 aromatic carbocycles. The molecule has 1 aromatic rings. The normalized spacial score (nSPS) is 30.4. The maximum Gasteiger partial charge on any atom is 0.230 e. The average molecular weight is 483 g/mol. The summed E-state index contributed by atoms with van der Waals surface area (Å²) in [5, 5.41) is 0.948. The van der Waals surface area contributed by atoms with Crippen molar-refractivity contribution in [2.24, 2.45) is 28.9 Å². The van der Waals surface area contributed by atoms with Gasteiger partial charge in [-0.3, -0.25) is 4.79 Å². The third kappa shape index (κ3) is 4.95. The summed E-state index contributed by atoms with van der Waals surface area (Å²) in [6.45, 7) is 2.29. The van der Waals surface area contributed by atoms with Crippen molar-refractivity contribution in [2.75, 3.05) is 24.6 Å². The van der Waals surface area contributed by atoms with Crippen molar-refractivity contribution >= 4 is 23.2 Å². The molecule has 4 nitrogen and oxygen atoms in total. The zero-order valence-corrected chi connectivity index (χ0v) is 21.1. The van der Waals surface area contributed by atoms with Gasteiger partial charge < -0.3 is 15.4 Å². The summed E-state index contributed by atoms with van der Waals surface area (Å²) in [5.74, 6) is 2.50. The van der Waals surface area contributed by atoms with Crippen LogP contribution in [0.5, 0.6) is 5.75 Å². The summed E-state index contributed by atoms with van der Waals surface area (Å²) in [6, 6.07) is 8.15. The van der Waals surface area contributed by atoms with E-state index in [0.717, 1.165) is 74.6 Å². The fraction of sp³-hybridized carbons (Fsp3) is 0.621. The van der Waals surface area contributed by atoms with Gasteiger partial charge in [-0.25, -0.2) is 0 Å². The van der Waals surface area contributed by atoms with E-state index in [1.165, 1.54) is 31.3 Å². The van der Waals surface area contributed by atoms with Gasteiger partial charge in [0.05, 0.1) is 6.61 Å². The van der Waals surface area contributed by atoms with Crippen LogP contribution in [-0.4, -0.2) is 25.6 Å². The quantitative estimate of drug-likeness (QED) is 0.477. The SMILES string of the molecule is NC[C@]1(C2=CCCC(Cl)=C2)CC[C@H](C2CCN(c3ccc(OCC4CCCC4)cc3)C2=O)CC1. The molecule has 1 atom stereocenters. The van der Waals surface area contributed by atoms with Crippen LogP contribution in [0, 0.1) is 23.2 Å². The van der Waals surface area contributed by atoms with Crippen LogP contribution in [0.3, 0.4) is 0 Å². The third-order valence-corrected chi connectivity index (χ3v) is 9.27. The highest BCUT2D eigenvalue weighted by Crippen LogP contribution is 2.49. The molecule has 1 unspecified atom stereocenters. The lowest BCUT2D eigenvalue weighted by Crippen LogP contribution is -2.39. The summed E-state index contributed by atoms with van der Waals surface area (Å²) in [6.07, 6.45) is 16.9. The zero-order chi connectivity index (χ0) is 23.5. The van der Waals surface area contributed by atoms with E-state index in [4.69, 9.17) is 22.1 Å². The van der Waals surface area contributed by atoms with Crippen LogP contribution in [-0.2, 0) is 4.79 Å². The number of amides is 1. The van der Waals surface area contributed by atoms with Crippen LogP contribution < -0.4 is 15.4 Å². The van der Waals surface area contributed by atoms with Crippen molar-refractivity contribution < 1.29 is 9.53 Å². The van der Waals surface area contributed by atoms with Gasteiger partial charge in [0.15, 0.2) is 0 Å². The van der Waals surface area contributed by atoms with Crippen LogP contribution in [0.1, 0.15) is 70.6 Å². The number of nitrogens with zero attached hydrogens (tertiary/aromatic N) is 1. The summed E-state index contributed by atoms with van der Waals surface area (Å²) in [5.41, 5.74) is 8.68. The molecule has 0 spiro atoms. The molecule has 1 amide bonds. The standard InChI is InChI=1S/C29H39ClN2O2/c30-24-7-3-6-23(18-24)29(20-31)15-12-22(13-16-29)27-14-17-32(28(27)33)25-8-10-26(11-9-25)34-19-21-4-1-2-5-21/h6,8-11,18,21-22,27H,1-5,7,12-17,19-20,31H2/t22-,27?,29-. The first kappa shape index (κ1) is 23.9. The smallest absolute Gasteiger partial charge is 0.230 e. The molecule has 0 radical (unpaired) electrons. The van der Waals surface area contributed by atoms with Gasteiger partial charge >= 0.3 is 0 Å². The largest absolute Gasteiger partial charge is 0.493 e. The molecule has 34 heavy (non-hydrogen) atoms. The molecule has 5 heteroatoms. The van der Waals surface area contributed by atoms with E-state index >= 15 is 0 Å². The molecule has 1 saturated heterocycles. The summed E-state index contributed by atoms with van der Waals surface area (Å²) >= 11 is 6.35. The second-order valence-electron chi connectivity index (χ2n) is 11.0. The Morgan fingerprint density at radius 3 is 2.47 bits per heavy atom. The number of carbonyl (C=O) groups is 1. The van der Waals surface area contributed by atoms with Crippen molar-refractivity contribution in [3.63, 3.8) is 0 Å². The number of halogens is 1. The Bertz CT molecular complexity index is 924. The molecule has 1 aliphatic heterocycles. The number of allylic oxidation sites excluding steroid dienone is 3. The fourth-order valence-corrected chi connectivity index (χ4v) is 6.98. The second-order valence-corrected chi connectivity index (χ2v) is 11.4. The Morgan fingerprint density at radius 2 is 1.79 bits per heavy atom. The van der Waals surface area contributed by atoms with Gasteiger partial charge in [-0.1, -0.05) is 30.5 Å². The minimum atomic E-state index is 0.0345. The predicted octanol–water partition coefficient (Wildman–Crippen LogP) is 6.59. The van der Waals surface area contributed by atoms with E-state index in [2.05, 4.69) is 24.3 Å². The minimum absolute atomic E-state index is 0.0345. The predicted molar refractivity (Wildman–Crippen MR) is 139 cm³/mol. The molecular weight excluding hydrogens is 444 g/mol. The third-order valence-electron chi connectivity index (χ3n) is 8.97. The number of anilines is 1. The highest BCUT2D eigenvalue weighted by Gasteiger charge is 2.43. The van der Waals surface area contributed by atoms with Crippen LogP contribution in [0.2, 0.25) is 0 Å². The number of ether oxygens (including phenoxy) is 1. The number of hydrogen-bond acceptors (Lipinski definition) is 3. The second kappa shape index (κ2) is 10.5. The van der Waals surface area contributed by atoms with E-state index in [1.54, 1.807) is 0 Å². The van der Waals surface area contributed by atoms with E-state index in [9.17, 15) is 4.79 Å². The van der Waals surface area contributed by atoms with E-state index in [0.29, 0.717) is 24.3 Å². The molecule has 0 bridgehead atoms. The Labute approximate surface area is 209 Å². The first-order chi connectivity index (χ1) is 16.6. The molecule has 3 aliphatic carbocycles. The monoisotopic (exact) mass is 482 g/mol. The first-order valence-corrected chi connectivity index (χ1v) is 13.8. The first-order valence-electron chi connectivity index (χ1n) is 13.4. The van der Waals surface area contributed by atoms with Crippen molar-refractivity contribution in [2.45, 2.75) is 70.6 Å². The van der Waals surface area contributed by atoms with Crippen LogP contribution in [0.4, 0.5) is 5.69 Å². The van der Waals surface area contributed by atoms with Crippen molar-refractivity contribution in [3.05, 3.63) is 47.0 Å². The number of rotatable bonds is 7. The number of hydrogen-bond donors (Lipinski definition) is 1. The summed E-state index contributed by atoms with van der Waals surface area (Å²) < 4.78 is 6.01.